The Kier molecular flexibility index (Phi) is 6.10. The van der Waals surface area contributed by atoms with Gasteiger partial charge in [0, 0.05) is 19.6 Å². The van der Waals surface area contributed by atoms with Crippen LogP contribution in [0.5, 0.6) is 0 Å². The third-order valence-electron chi connectivity index (χ3n) is 2.48. The second-order valence-electron chi connectivity index (χ2n) is 3.72. The smallest absolute Gasteiger partial charge is 0.410 e. The molecule has 0 aromatic heterocycles. The Hall–Kier alpha value is -1.55. The van der Waals surface area contributed by atoms with Crippen LogP contribution in [0.15, 0.2) is 30.3 Å². The lowest BCUT2D eigenvalue weighted by Crippen LogP contribution is -2.36. The van der Waals surface area contributed by atoms with Gasteiger partial charge < -0.3 is 15.0 Å². The minimum absolute atomic E-state index is 0.258. The molecule has 1 rings (SSSR count). The van der Waals surface area contributed by atoms with Gasteiger partial charge in [-0.1, -0.05) is 30.3 Å². The zero-order valence-corrected chi connectivity index (χ0v) is 10.5. The maximum Gasteiger partial charge on any atom is 0.410 e. The Balaban J connectivity index is 2.37. The number of amides is 1. The van der Waals surface area contributed by atoms with E-state index in [0.29, 0.717) is 19.7 Å². The number of benzene rings is 1. The predicted molar refractivity (Wildman–Crippen MR) is 67.8 cm³/mol. The van der Waals surface area contributed by atoms with Gasteiger partial charge >= 0.3 is 6.09 Å². The number of carbonyl (C=O) groups excluding carboxylic acids is 1. The molecule has 0 saturated heterocycles. The molecule has 0 aliphatic rings. The molecular weight excluding hydrogens is 216 g/mol. The summed E-state index contributed by atoms with van der Waals surface area (Å²) in [5, 5.41) is 3.01. The summed E-state index contributed by atoms with van der Waals surface area (Å²) in [6.07, 6.45) is -0.258. The van der Waals surface area contributed by atoms with Crippen LogP contribution in [0.1, 0.15) is 12.5 Å². The van der Waals surface area contributed by atoms with Crippen LogP contribution in [0, 0.1) is 0 Å². The molecule has 17 heavy (non-hydrogen) atoms. The number of ether oxygens (including phenoxy) is 1. The normalized spacial score (nSPS) is 10.0. The molecule has 4 nitrogen and oxygen atoms in total. The van der Waals surface area contributed by atoms with Crippen LogP contribution < -0.4 is 5.32 Å². The third-order valence-corrected chi connectivity index (χ3v) is 2.48. The van der Waals surface area contributed by atoms with Gasteiger partial charge in [-0.25, -0.2) is 4.79 Å². The van der Waals surface area contributed by atoms with Crippen LogP contribution >= 0.6 is 0 Å². The fourth-order valence-electron chi connectivity index (χ4n) is 1.44. The summed E-state index contributed by atoms with van der Waals surface area (Å²) < 4.78 is 5.24. The maximum absolute atomic E-state index is 11.7. The number of hydrogen-bond acceptors (Lipinski definition) is 3. The van der Waals surface area contributed by atoms with Crippen molar-refractivity contribution in [3.63, 3.8) is 0 Å². The van der Waals surface area contributed by atoms with Crippen molar-refractivity contribution in [3.8, 4) is 0 Å². The molecule has 0 aliphatic heterocycles. The second-order valence-corrected chi connectivity index (χ2v) is 3.72. The Morgan fingerprint density at radius 1 is 1.35 bits per heavy atom. The van der Waals surface area contributed by atoms with E-state index in [1.807, 2.05) is 44.3 Å². The number of rotatable bonds is 6. The molecule has 0 heterocycles. The van der Waals surface area contributed by atoms with E-state index in [-0.39, 0.29) is 6.09 Å². The molecule has 0 fully saturated rings. The van der Waals surface area contributed by atoms with Crippen LogP contribution in [-0.2, 0) is 11.3 Å². The van der Waals surface area contributed by atoms with E-state index >= 15 is 0 Å². The zero-order chi connectivity index (χ0) is 12.5. The van der Waals surface area contributed by atoms with Gasteiger partial charge in [-0.2, -0.15) is 0 Å². The van der Waals surface area contributed by atoms with Crippen molar-refractivity contribution in [3.05, 3.63) is 35.9 Å². The molecule has 1 amide bonds. The topological polar surface area (TPSA) is 41.6 Å². The molecule has 0 atom stereocenters. The average Bonchev–Trinajstić information content (AvgIpc) is 2.38. The molecule has 4 heteroatoms. The summed E-state index contributed by atoms with van der Waals surface area (Å²) in [4.78, 5) is 13.4. The largest absolute Gasteiger partial charge is 0.445 e. The lowest BCUT2D eigenvalue weighted by atomic mass is 10.2. The van der Waals surface area contributed by atoms with Gasteiger partial charge in [0.25, 0.3) is 0 Å². The third kappa shape index (κ3) is 4.87. The van der Waals surface area contributed by atoms with E-state index in [2.05, 4.69) is 5.32 Å². The number of carbonyl (C=O) groups is 1. The Labute approximate surface area is 103 Å². The molecule has 94 valence electrons. The maximum atomic E-state index is 11.7. The monoisotopic (exact) mass is 236 g/mol. The molecule has 1 N–H and O–H groups in total. The summed E-state index contributed by atoms with van der Waals surface area (Å²) in [5.74, 6) is 0. The number of hydrogen-bond donors (Lipinski definition) is 1. The van der Waals surface area contributed by atoms with Gasteiger partial charge in [-0.05, 0) is 19.5 Å². The van der Waals surface area contributed by atoms with E-state index in [1.165, 1.54) is 0 Å². The minimum atomic E-state index is -0.258. The fourth-order valence-corrected chi connectivity index (χ4v) is 1.44. The van der Waals surface area contributed by atoms with Crippen LogP contribution in [0.25, 0.3) is 0 Å². The number of nitrogens with one attached hydrogen (secondary N) is 1. The summed E-state index contributed by atoms with van der Waals surface area (Å²) in [6, 6.07) is 9.69. The fraction of sp³-hybridized carbons (Fsp3) is 0.462. The van der Waals surface area contributed by atoms with Crippen LogP contribution in [-0.4, -0.2) is 37.7 Å². The van der Waals surface area contributed by atoms with Crippen molar-refractivity contribution in [2.24, 2.45) is 0 Å². The van der Waals surface area contributed by atoms with Crippen LogP contribution in [0.2, 0.25) is 0 Å². The molecule has 0 spiro atoms. The van der Waals surface area contributed by atoms with E-state index < -0.39 is 0 Å². The SMILES string of the molecule is CCN(CCNC)C(=O)OCc1ccccc1. The lowest BCUT2D eigenvalue weighted by Gasteiger charge is -2.20. The Morgan fingerprint density at radius 2 is 2.06 bits per heavy atom. The van der Waals surface area contributed by atoms with Crippen molar-refractivity contribution in [1.82, 2.24) is 10.2 Å². The first kappa shape index (κ1) is 13.5. The summed E-state index contributed by atoms with van der Waals surface area (Å²) in [6.45, 7) is 4.37. The highest BCUT2D eigenvalue weighted by Crippen LogP contribution is 2.02. The first-order chi connectivity index (χ1) is 8.27. The van der Waals surface area contributed by atoms with Gasteiger partial charge in [0.2, 0.25) is 0 Å². The highest BCUT2D eigenvalue weighted by Gasteiger charge is 2.11. The van der Waals surface area contributed by atoms with Gasteiger partial charge in [0.15, 0.2) is 0 Å². The highest BCUT2D eigenvalue weighted by atomic mass is 16.6. The first-order valence-corrected chi connectivity index (χ1v) is 5.88. The van der Waals surface area contributed by atoms with Gasteiger partial charge in [0.1, 0.15) is 6.61 Å². The van der Waals surface area contributed by atoms with Crippen LogP contribution in [0.3, 0.4) is 0 Å². The molecule has 0 unspecified atom stereocenters. The average molecular weight is 236 g/mol. The summed E-state index contributed by atoms with van der Waals surface area (Å²) in [7, 11) is 1.86. The minimum Gasteiger partial charge on any atom is -0.445 e. The van der Waals surface area contributed by atoms with Gasteiger partial charge in [-0.3, -0.25) is 0 Å². The zero-order valence-electron chi connectivity index (χ0n) is 10.5. The van der Waals surface area contributed by atoms with E-state index in [4.69, 9.17) is 4.74 Å². The standard InChI is InChI=1S/C13H20N2O2/c1-3-15(10-9-14-2)13(16)17-11-12-7-5-4-6-8-12/h4-8,14H,3,9-11H2,1-2H3. The first-order valence-electron chi connectivity index (χ1n) is 5.88. The molecule has 1 aromatic rings. The van der Waals surface area contributed by atoms with E-state index in [0.717, 1.165) is 12.1 Å². The number of nitrogens with zero attached hydrogens (tertiary/aromatic N) is 1. The quantitative estimate of drug-likeness (QED) is 0.819. The van der Waals surface area contributed by atoms with E-state index in [1.54, 1.807) is 4.90 Å². The van der Waals surface area contributed by atoms with Crippen molar-refractivity contribution < 1.29 is 9.53 Å². The van der Waals surface area contributed by atoms with Crippen molar-refractivity contribution >= 4 is 6.09 Å². The Bertz CT molecular complexity index is 327. The molecule has 1 aromatic carbocycles. The molecule has 0 aliphatic carbocycles. The second kappa shape index (κ2) is 7.68. The van der Waals surface area contributed by atoms with Crippen molar-refractivity contribution in [2.45, 2.75) is 13.5 Å². The van der Waals surface area contributed by atoms with Gasteiger partial charge in [-0.15, -0.1) is 0 Å². The summed E-state index contributed by atoms with van der Waals surface area (Å²) in [5.41, 5.74) is 1.01. The van der Waals surface area contributed by atoms with Crippen molar-refractivity contribution in [1.29, 1.82) is 0 Å². The number of likely N-dealkylation sites (N-methyl/N-ethyl adjacent to an activating group) is 2. The lowest BCUT2D eigenvalue weighted by molar-refractivity contribution is 0.0984. The van der Waals surface area contributed by atoms with E-state index in [9.17, 15) is 4.79 Å². The van der Waals surface area contributed by atoms with Gasteiger partial charge in [0.05, 0.1) is 0 Å². The van der Waals surface area contributed by atoms with Crippen LogP contribution in [0.4, 0.5) is 4.79 Å². The molecule has 0 radical (unpaired) electrons. The molecule has 0 saturated carbocycles. The predicted octanol–water partition coefficient (Wildman–Crippen LogP) is 1.86. The summed E-state index contributed by atoms with van der Waals surface area (Å²) >= 11 is 0. The molecular formula is C13H20N2O2. The molecule has 0 bridgehead atoms. The highest BCUT2D eigenvalue weighted by molar-refractivity contribution is 5.67. The Morgan fingerprint density at radius 3 is 2.65 bits per heavy atom. The van der Waals surface area contributed by atoms with Crippen molar-refractivity contribution in [2.75, 3.05) is 26.7 Å².